The molecule has 36 heavy (non-hydrogen) atoms. The summed E-state index contributed by atoms with van der Waals surface area (Å²) in [6.07, 6.45) is 0. The van der Waals surface area contributed by atoms with Crippen LogP contribution in [0.1, 0.15) is 32.8 Å². The van der Waals surface area contributed by atoms with Crippen LogP contribution in [0.15, 0.2) is 102 Å². The summed E-state index contributed by atoms with van der Waals surface area (Å²) in [5.41, 5.74) is 1.89. The number of anilines is 1. The van der Waals surface area contributed by atoms with E-state index < -0.39 is 30.0 Å². The van der Waals surface area contributed by atoms with Gasteiger partial charge in [-0.1, -0.05) is 66.2 Å². The second kappa shape index (κ2) is 9.04. The molecule has 0 aliphatic carbocycles. The monoisotopic (exact) mass is 512 g/mol. The zero-order chi connectivity index (χ0) is 24.8. The van der Waals surface area contributed by atoms with Gasteiger partial charge in [0.2, 0.25) is 0 Å². The molecule has 0 spiro atoms. The molecular formula is C29H21ClN2O3S. The number of ketones is 1. The van der Waals surface area contributed by atoms with Gasteiger partial charge in [0.25, 0.3) is 5.91 Å². The molecule has 4 aromatic rings. The predicted octanol–water partition coefficient (Wildman–Crippen LogP) is 6.58. The summed E-state index contributed by atoms with van der Waals surface area (Å²) in [6, 6.07) is 27.4. The number of halogens is 1. The number of benzene rings is 3. The number of rotatable bonds is 5. The SMILES string of the molecule is O=C(c1ccc(Cl)cc1)C1C(c2ccccc2)C2C(=O)N(c3ccccc3)C(=O)N2C1c1cccs1. The number of imide groups is 1. The molecule has 2 aliphatic heterocycles. The summed E-state index contributed by atoms with van der Waals surface area (Å²) in [5, 5.41) is 2.47. The van der Waals surface area contributed by atoms with E-state index in [1.807, 2.05) is 53.9 Å². The molecule has 3 heterocycles. The van der Waals surface area contributed by atoms with E-state index in [4.69, 9.17) is 11.6 Å². The molecule has 2 fully saturated rings. The zero-order valence-corrected chi connectivity index (χ0v) is 20.6. The zero-order valence-electron chi connectivity index (χ0n) is 19.0. The first-order valence-corrected chi connectivity index (χ1v) is 12.9. The number of Topliss-reactive ketones (excluding diaryl/α,β-unsaturated/α-hetero) is 1. The maximum absolute atomic E-state index is 14.1. The summed E-state index contributed by atoms with van der Waals surface area (Å²) < 4.78 is 0. The highest BCUT2D eigenvalue weighted by atomic mass is 35.5. The van der Waals surface area contributed by atoms with Crippen LogP contribution in [0.3, 0.4) is 0 Å². The number of para-hydroxylation sites is 1. The van der Waals surface area contributed by atoms with Crippen molar-refractivity contribution in [1.29, 1.82) is 0 Å². The second-order valence-electron chi connectivity index (χ2n) is 8.94. The van der Waals surface area contributed by atoms with E-state index in [1.165, 1.54) is 16.2 Å². The van der Waals surface area contributed by atoms with Gasteiger partial charge in [-0.3, -0.25) is 9.59 Å². The van der Waals surface area contributed by atoms with Crippen LogP contribution in [0, 0.1) is 5.92 Å². The summed E-state index contributed by atoms with van der Waals surface area (Å²) >= 11 is 7.58. The lowest BCUT2D eigenvalue weighted by atomic mass is 9.77. The number of thiophene rings is 1. The van der Waals surface area contributed by atoms with Crippen molar-refractivity contribution < 1.29 is 14.4 Å². The number of amides is 3. The number of hydrogen-bond donors (Lipinski definition) is 0. The minimum atomic E-state index is -0.798. The van der Waals surface area contributed by atoms with Gasteiger partial charge >= 0.3 is 6.03 Å². The minimum absolute atomic E-state index is 0.111. The van der Waals surface area contributed by atoms with Crippen LogP contribution in [-0.2, 0) is 4.79 Å². The number of urea groups is 1. The van der Waals surface area contributed by atoms with Gasteiger partial charge in [0, 0.05) is 21.4 Å². The summed E-state index contributed by atoms with van der Waals surface area (Å²) in [6.45, 7) is 0. The molecule has 2 saturated heterocycles. The Labute approximate surface area is 217 Å². The van der Waals surface area contributed by atoms with Crippen LogP contribution in [0.25, 0.3) is 0 Å². The minimum Gasteiger partial charge on any atom is -0.303 e. The van der Waals surface area contributed by atoms with Crippen molar-refractivity contribution in [3.8, 4) is 0 Å². The molecule has 4 atom stereocenters. The van der Waals surface area contributed by atoms with Crippen molar-refractivity contribution >= 4 is 46.3 Å². The summed E-state index contributed by atoms with van der Waals surface area (Å²) in [4.78, 5) is 45.8. The Bertz CT molecular complexity index is 1420. The van der Waals surface area contributed by atoms with Crippen LogP contribution < -0.4 is 4.90 Å². The van der Waals surface area contributed by atoms with E-state index in [0.29, 0.717) is 16.3 Å². The van der Waals surface area contributed by atoms with Crippen LogP contribution in [0.2, 0.25) is 5.02 Å². The maximum atomic E-state index is 14.1. The van der Waals surface area contributed by atoms with Gasteiger partial charge in [0.05, 0.1) is 17.6 Å². The fraction of sp³-hybridized carbons (Fsp3) is 0.138. The Morgan fingerprint density at radius 2 is 1.44 bits per heavy atom. The van der Waals surface area contributed by atoms with Crippen molar-refractivity contribution in [3.05, 3.63) is 123 Å². The van der Waals surface area contributed by atoms with E-state index in [0.717, 1.165) is 10.4 Å². The van der Waals surface area contributed by atoms with E-state index in [-0.39, 0.29) is 11.7 Å². The molecule has 3 aromatic carbocycles. The lowest BCUT2D eigenvalue weighted by Crippen LogP contribution is -2.38. The highest BCUT2D eigenvalue weighted by Crippen LogP contribution is 2.55. The smallest absolute Gasteiger partial charge is 0.303 e. The van der Waals surface area contributed by atoms with Gasteiger partial charge in [-0.2, -0.15) is 0 Å². The normalized spacial score (nSPS) is 23.2. The Hall–Kier alpha value is -3.74. The van der Waals surface area contributed by atoms with Gasteiger partial charge in [-0.25, -0.2) is 9.69 Å². The maximum Gasteiger partial charge on any atom is 0.332 e. The van der Waals surface area contributed by atoms with Gasteiger partial charge < -0.3 is 4.90 Å². The average molecular weight is 513 g/mol. The number of carbonyl (C=O) groups excluding carboxylic acids is 3. The van der Waals surface area contributed by atoms with Crippen LogP contribution in [0.5, 0.6) is 0 Å². The number of hydrogen-bond acceptors (Lipinski definition) is 4. The van der Waals surface area contributed by atoms with Crippen molar-refractivity contribution in [2.45, 2.75) is 18.0 Å². The van der Waals surface area contributed by atoms with Crippen molar-refractivity contribution in [1.82, 2.24) is 4.90 Å². The Morgan fingerprint density at radius 3 is 2.08 bits per heavy atom. The third kappa shape index (κ3) is 3.56. The van der Waals surface area contributed by atoms with Crippen molar-refractivity contribution in [3.63, 3.8) is 0 Å². The topological polar surface area (TPSA) is 57.7 Å². The Morgan fingerprint density at radius 1 is 0.778 bits per heavy atom. The van der Waals surface area contributed by atoms with E-state index in [1.54, 1.807) is 53.4 Å². The molecule has 0 bridgehead atoms. The number of carbonyl (C=O) groups is 3. The van der Waals surface area contributed by atoms with Gasteiger partial charge in [-0.05, 0) is 53.4 Å². The van der Waals surface area contributed by atoms with E-state index >= 15 is 0 Å². The first-order chi connectivity index (χ1) is 17.6. The van der Waals surface area contributed by atoms with Crippen molar-refractivity contribution in [2.75, 3.05) is 4.90 Å². The lowest BCUT2D eigenvalue weighted by molar-refractivity contribution is -0.119. The molecular weight excluding hydrogens is 492 g/mol. The fourth-order valence-corrected chi connectivity index (χ4v) is 6.53. The molecule has 7 heteroatoms. The summed E-state index contributed by atoms with van der Waals surface area (Å²) in [7, 11) is 0. The molecule has 0 saturated carbocycles. The quantitative estimate of drug-likeness (QED) is 0.224. The second-order valence-corrected chi connectivity index (χ2v) is 10.4. The average Bonchev–Trinajstić information content (AvgIpc) is 3.61. The lowest BCUT2D eigenvalue weighted by Gasteiger charge is -2.28. The number of fused-ring (bicyclic) bond motifs is 1. The Balaban J connectivity index is 1.54. The van der Waals surface area contributed by atoms with Gasteiger partial charge in [0.1, 0.15) is 6.04 Å². The summed E-state index contributed by atoms with van der Waals surface area (Å²) in [5.74, 6) is -1.57. The predicted molar refractivity (Wildman–Crippen MR) is 140 cm³/mol. The third-order valence-corrected chi connectivity index (χ3v) is 8.21. The Kier molecular flexibility index (Phi) is 5.70. The van der Waals surface area contributed by atoms with Crippen LogP contribution >= 0.6 is 22.9 Å². The third-order valence-electron chi connectivity index (χ3n) is 7.02. The first-order valence-electron chi connectivity index (χ1n) is 11.7. The largest absolute Gasteiger partial charge is 0.332 e. The van der Waals surface area contributed by atoms with Crippen LogP contribution in [-0.4, -0.2) is 28.7 Å². The molecule has 2 aliphatic rings. The molecule has 3 amide bonds. The molecule has 6 rings (SSSR count). The van der Waals surface area contributed by atoms with E-state index in [2.05, 4.69) is 0 Å². The molecule has 4 unspecified atom stereocenters. The first kappa shape index (κ1) is 22.7. The number of nitrogens with zero attached hydrogens (tertiary/aromatic N) is 2. The standard InChI is InChI=1S/C29H21ClN2O3S/c30-20-15-13-19(14-16-20)27(33)24-23(18-8-3-1-4-9-18)26-28(34)31(21-10-5-2-6-11-21)29(35)32(26)25(24)22-12-7-17-36-22/h1-17,23-26H. The van der Waals surface area contributed by atoms with Gasteiger partial charge in [-0.15, -0.1) is 11.3 Å². The van der Waals surface area contributed by atoms with Gasteiger partial charge in [0.15, 0.2) is 5.78 Å². The highest BCUT2D eigenvalue weighted by molar-refractivity contribution is 7.10. The fourth-order valence-electron chi connectivity index (χ4n) is 5.53. The molecule has 178 valence electrons. The van der Waals surface area contributed by atoms with E-state index in [9.17, 15) is 14.4 Å². The highest BCUT2D eigenvalue weighted by Gasteiger charge is 2.63. The molecule has 1 aromatic heterocycles. The van der Waals surface area contributed by atoms with Crippen LogP contribution in [0.4, 0.5) is 10.5 Å². The molecule has 5 nitrogen and oxygen atoms in total. The molecule has 0 N–H and O–H groups in total. The molecule has 0 radical (unpaired) electrons. The van der Waals surface area contributed by atoms with Crippen molar-refractivity contribution in [2.24, 2.45) is 5.92 Å².